The maximum absolute atomic E-state index is 12.1. The highest BCUT2D eigenvalue weighted by molar-refractivity contribution is 7.91. The molecule has 0 saturated heterocycles. The molecule has 0 saturated carbocycles. The molecular formula is C14H20N2O4S. The molecule has 0 radical (unpaired) electrons. The number of anilines is 2. The second-order valence-electron chi connectivity index (χ2n) is 5.24. The second kappa shape index (κ2) is 6.26. The van der Waals surface area contributed by atoms with E-state index in [4.69, 9.17) is 0 Å². The van der Waals surface area contributed by atoms with Crippen molar-refractivity contribution < 1.29 is 18.0 Å². The Balaban J connectivity index is 3.36. The van der Waals surface area contributed by atoms with Crippen LogP contribution < -0.4 is 10.2 Å². The van der Waals surface area contributed by atoms with Crippen LogP contribution in [0.5, 0.6) is 0 Å². The molecule has 1 aromatic carbocycles. The number of benzene rings is 1. The Bertz CT molecular complexity index is 678. The van der Waals surface area contributed by atoms with Gasteiger partial charge in [0.25, 0.3) is 0 Å². The van der Waals surface area contributed by atoms with E-state index in [1.807, 2.05) is 21.0 Å². The van der Waals surface area contributed by atoms with Crippen molar-refractivity contribution in [2.75, 3.05) is 36.3 Å². The average Bonchev–Trinajstić information content (AvgIpc) is 2.28. The Morgan fingerprint density at radius 1 is 1.24 bits per heavy atom. The van der Waals surface area contributed by atoms with Crippen LogP contribution in [-0.4, -0.2) is 46.2 Å². The molecule has 21 heavy (non-hydrogen) atoms. The van der Waals surface area contributed by atoms with E-state index < -0.39 is 21.4 Å². The first-order valence-corrected chi connectivity index (χ1v) is 8.38. The van der Waals surface area contributed by atoms with Gasteiger partial charge in [0, 0.05) is 44.2 Å². The summed E-state index contributed by atoms with van der Waals surface area (Å²) in [5.41, 5.74) is 2.33. The molecule has 0 unspecified atom stereocenters. The van der Waals surface area contributed by atoms with E-state index in [-0.39, 0.29) is 11.5 Å². The fourth-order valence-electron chi connectivity index (χ4n) is 1.97. The number of nitrogens with zero attached hydrogens (tertiary/aromatic N) is 1. The fraction of sp³-hybridized carbons (Fsp3) is 0.429. The molecule has 0 bridgehead atoms. The van der Waals surface area contributed by atoms with E-state index >= 15 is 0 Å². The standard InChI is InChI=1S/C14H20N2O4S/c1-9-12(15-10(2)17)6-11(7-13(9)16(3)4)14(18)8-21(5,19)20/h6-7H,8H2,1-5H3,(H,15,17). The molecule has 1 aromatic rings. The monoisotopic (exact) mass is 312 g/mol. The molecule has 0 aliphatic heterocycles. The summed E-state index contributed by atoms with van der Waals surface area (Å²) in [7, 11) is 0.219. The highest BCUT2D eigenvalue weighted by Gasteiger charge is 2.17. The normalized spacial score (nSPS) is 11.1. The first-order chi connectivity index (χ1) is 9.51. The van der Waals surface area contributed by atoms with E-state index in [0.717, 1.165) is 17.5 Å². The van der Waals surface area contributed by atoms with Crippen LogP contribution in [0.15, 0.2) is 12.1 Å². The van der Waals surface area contributed by atoms with Crippen LogP contribution in [0, 0.1) is 6.92 Å². The van der Waals surface area contributed by atoms with Crippen molar-refractivity contribution >= 4 is 32.9 Å². The van der Waals surface area contributed by atoms with Gasteiger partial charge in [0.1, 0.15) is 5.75 Å². The lowest BCUT2D eigenvalue weighted by molar-refractivity contribution is -0.114. The zero-order valence-electron chi connectivity index (χ0n) is 12.9. The molecule has 0 spiro atoms. The van der Waals surface area contributed by atoms with Crippen molar-refractivity contribution in [1.82, 2.24) is 0 Å². The number of nitrogens with one attached hydrogen (secondary N) is 1. The Morgan fingerprint density at radius 3 is 2.24 bits per heavy atom. The molecule has 0 atom stereocenters. The van der Waals surface area contributed by atoms with Gasteiger partial charge in [-0.15, -0.1) is 0 Å². The number of hydrogen-bond donors (Lipinski definition) is 1. The summed E-state index contributed by atoms with van der Waals surface area (Å²) in [5.74, 6) is -1.30. The number of hydrogen-bond acceptors (Lipinski definition) is 5. The number of sulfone groups is 1. The van der Waals surface area contributed by atoms with Crippen molar-refractivity contribution in [1.29, 1.82) is 0 Å². The van der Waals surface area contributed by atoms with Crippen LogP contribution >= 0.6 is 0 Å². The summed E-state index contributed by atoms with van der Waals surface area (Å²) in [6.45, 7) is 3.20. The van der Waals surface area contributed by atoms with E-state index in [9.17, 15) is 18.0 Å². The lowest BCUT2D eigenvalue weighted by atomic mass is 10.0. The summed E-state index contributed by atoms with van der Waals surface area (Å²) < 4.78 is 22.5. The quantitative estimate of drug-likeness (QED) is 0.827. The lowest BCUT2D eigenvalue weighted by Gasteiger charge is -2.20. The molecule has 6 nitrogen and oxygen atoms in total. The average molecular weight is 312 g/mol. The molecule has 0 heterocycles. The Labute approximate surface area is 125 Å². The molecular weight excluding hydrogens is 292 g/mol. The summed E-state index contributed by atoms with van der Waals surface area (Å²) >= 11 is 0. The summed E-state index contributed by atoms with van der Waals surface area (Å²) in [6, 6.07) is 3.14. The van der Waals surface area contributed by atoms with Gasteiger partial charge in [-0.1, -0.05) is 0 Å². The molecule has 0 aromatic heterocycles. The van der Waals surface area contributed by atoms with Crippen LogP contribution in [0.3, 0.4) is 0 Å². The first kappa shape index (κ1) is 17.2. The van der Waals surface area contributed by atoms with E-state index in [0.29, 0.717) is 5.69 Å². The highest BCUT2D eigenvalue weighted by atomic mass is 32.2. The predicted molar refractivity (Wildman–Crippen MR) is 83.9 cm³/mol. The van der Waals surface area contributed by atoms with E-state index in [1.165, 1.54) is 13.0 Å². The summed E-state index contributed by atoms with van der Waals surface area (Å²) in [5, 5.41) is 2.66. The molecule has 116 valence electrons. The first-order valence-electron chi connectivity index (χ1n) is 6.31. The van der Waals surface area contributed by atoms with Crippen molar-refractivity contribution in [3.8, 4) is 0 Å². The van der Waals surface area contributed by atoms with Crippen LogP contribution in [0.2, 0.25) is 0 Å². The van der Waals surface area contributed by atoms with Crippen LogP contribution in [0.25, 0.3) is 0 Å². The highest BCUT2D eigenvalue weighted by Crippen LogP contribution is 2.28. The number of Topliss-reactive ketones (excluding diaryl/α,β-unsaturated/α-hetero) is 1. The molecule has 1 rings (SSSR count). The second-order valence-corrected chi connectivity index (χ2v) is 7.38. The number of ketones is 1. The predicted octanol–water partition coefficient (Wildman–Crippen LogP) is 1.25. The van der Waals surface area contributed by atoms with Gasteiger partial charge in [-0.2, -0.15) is 0 Å². The zero-order valence-corrected chi connectivity index (χ0v) is 13.7. The SMILES string of the molecule is CC(=O)Nc1cc(C(=O)CS(C)(=O)=O)cc(N(C)C)c1C. The van der Waals surface area contributed by atoms with Crippen molar-refractivity contribution in [3.63, 3.8) is 0 Å². The Morgan fingerprint density at radius 2 is 1.81 bits per heavy atom. The third kappa shape index (κ3) is 4.86. The van der Waals surface area contributed by atoms with E-state index in [2.05, 4.69) is 5.32 Å². The minimum Gasteiger partial charge on any atom is -0.377 e. The van der Waals surface area contributed by atoms with E-state index in [1.54, 1.807) is 11.0 Å². The van der Waals surface area contributed by atoms with Crippen molar-refractivity contribution in [2.45, 2.75) is 13.8 Å². The molecule has 0 fully saturated rings. The molecule has 7 heteroatoms. The van der Waals surface area contributed by atoms with Gasteiger partial charge in [0.2, 0.25) is 5.91 Å². The maximum atomic E-state index is 12.1. The number of carbonyl (C=O) groups excluding carboxylic acids is 2. The van der Waals surface area contributed by atoms with Gasteiger partial charge in [-0.05, 0) is 24.6 Å². The van der Waals surface area contributed by atoms with Gasteiger partial charge < -0.3 is 10.2 Å². The van der Waals surface area contributed by atoms with Gasteiger partial charge in [0.05, 0.1) is 0 Å². The molecule has 0 aliphatic rings. The number of amides is 1. The van der Waals surface area contributed by atoms with Gasteiger partial charge >= 0.3 is 0 Å². The van der Waals surface area contributed by atoms with Gasteiger partial charge in [0.15, 0.2) is 15.6 Å². The Kier molecular flexibility index (Phi) is 5.11. The molecule has 0 aliphatic carbocycles. The molecule has 1 N–H and O–H groups in total. The Hall–Kier alpha value is -1.89. The minimum atomic E-state index is -3.40. The van der Waals surface area contributed by atoms with Gasteiger partial charge in [-0.3, -0.25) is 9.59 Å². The maximum Gasteiger partial charge on any atom is 0.221 e. The third-order valence-corrected chi connectivity index (χ3v) is 3.67. The topological polar surface area (TPSA) is 83.5 Å². The van der Waals surface area contributed by atoms with Crippen LogP contribution in [-0.2, 0) is 14.6 Å². The van der Waals surface area contributed by atoms with Crippen molar-refractivity contribution in [2.24, 2.45) is 0 Å². The summed E-state index contributed by atoms with van der Waals surface area (Å²) in [4.78, 5) is 25.1. The molecule has 1 amide bonds. The zero-order chi connectivity index (χ0) is 16.4. The summed E-state index contributed by atoms with van der Waals surface area (Å²) in [6.07, 6.45) is 1.01. The number of carbonyl (C=O) groups is 2. The lowest BCUT2D eigenvalue weighted by Crippen LogP contribution is -2.18. The third-order valence-electron chi connectivity index (χ3n) is 2.89. The fourth-order valence-corrected chi connectivity index (χ4v) is 2.61. The van der Waals surface area contributed by atoms with Crippen molar-refractivity contribution in [3.05, 3.63) is 23.3 Å². The largest absolute Gasteiger partial charge is 0.377 e. The van der Waals surface area contributed by atoms with Crippen LogP contribution in [0.4, 0.5) is 11.4 Å². The minimum absolute atomic E-state index is 0.254. The van der Waals surface area contributed by atoms with Gasteiger partial charge in [-0.25, -0.2) is 8.42 Å². The smallest absolute Gasteiger partial charge is 0.221 e. The van der Waals surface area contributed by atoms with Crippen LogP contribution in [0.1, 0.15) is 22.8 Å². The number of rotatable bonds is 5.